The second-order valence-electron chi connectivity index (χ2n) is 6.94. The molecule has 0 aliphatic carbocycles. The highest BCUT2D eigenvalue weighted by molar-refractivity contribution is 8.16. The molecule has 3 nitrogen and oxygen atoms in total. The van der Waals surface area contributed by atoms with Crippen molar-refractivity contribution in [1.82, 2.24) is 4.98 Å². The number of quaternary nitrogens is 1. The minimum absolute atomic E-state index is 0.344. The molecular formula is C16H30B2N3S4+. The maximum Gasteiger partial charge on any atom is 0.232 e. The third-order valence-corrected chi connectivity index (χ3v) is 6.40. The van der Waals surface area contributed by atoms with Crippen LogP contribution in [0.1, 0.15) is 25.8 Å². The van der Waals surface area contributed by atoms with E-state index in [1.807, 2.05) is 25.3 Å². The predicted octanol–water partition coefficient (Wildman–Crippen LogP) is 1.99. The minimum atomic E-state index is -0.802. The van der Waals surface area contributed by atoms with Crippen LogP contribution in [0, 0.1) is 0 Å². The molecule has 25 heavy (non-hydrogen) atoms. The van der Waals surface area contributed by atoms with E-state index >= 15 is 0 Å². The Bertz CT molecular complexity index is 571. The van der Waals surface area contributed by atoms with Gasteiger partial charge in [-0.1, -0.05) is 57.0 Å². The SMILES string of the molecule is BC(B)(S)[N+](C)(CCN(CCC)c1cc(/C=C\C)ccn1)C(S)(S)S. The van der Waals surface area contributed by atoms with E-state index in [4.69, 9.17) is 12.6 Å². The molecule has 0 amide bonds. The topological polar surface area (TPSA) is 16.1 Å². The van der Waals surface area contributed by atoms with Crippen LogP contribution in [0.15, 0.2) is 24.4 Å². The lowest BCUT2D eigenvalue weighted by molar-refractivity contribution is -0.919. The van der Waals surface area contributed by atoms with Crippen molar-refractivity contribution in [2.24, 2.45) is 0 Å². The Kier molecular flexibility index (Phi) is 8.73. The molecular weight excluding hydrogens is 384 g/mol. The van der Waals surface area contributed by atoms with Crippen LogP contribution in [-0.2, 0) is 0 Å². The molecule has 0 aromatic carbocycles. The van der Waals surface area contributed by atoms with E-state index in [1.54, 1.807) is 0 Å². The fourth-order valence-corrected chi connectivity index (χ4v) is 4.16. The number of nitrogens with zero attached hydrogens (tertiary/aromatic N) is 3. The van der Waals surface area contributed by atoms with Crippen molar-refractivity contribution >= 4 is 78.1 Å². The van der Waals surface area contributed by atoms with E-state index in [9.17, 15) is 0 Å². The molecule has 0 N–H and O–H groups in total. The fraction of sp³-hybridized carbons (Fsp3) is 0.562. The van der Waals surface area contributed by atoms with E-state index in [-0.39, 0.29) is 4.67 Å². The van der Waals surface area contributed by atoms with E-state index in [0.717, 1.165) is 37.4 Å². The molecule has 0 aliphatic heterocycles. The Hall–Kier alpha value is 0.180. The highest BCUT2D eigenvalue weighted by Crippen LogP contribution is 2.41. The lowest BCUT2D eigenvalue weighted by Crippen LogP contribution is -2.68. The molecule has 0 spiro atoms. The van der Waals surface area contributed by atoms with Gasteiger partial charge in [0.05, 0.1) is 24.8 Å². The van der Waals surface area contributed by atoms with Crippen LogP contribution in [0.5, 0.6) is 0 Å². The molecule has 0 bridgehead atoms. The molecule has 1 unspecified atom stereocenters. The van der Waals surface area contributed by atoms with Crippen molar-refractivity contribution in [3.63, 3.8) is 0 Å². The number of aromatic nitrogens is 1. The first kappa shape index (κ1) is 23.2. The monoisotopic (exact) mass is 414 g/mol. The molecule has 9 heteroatoms. The third kappa shape index (κ3) is 6.09. The number of thiol groups is 4. The fourth-order valence-electron chi connectivity index (χ4n) is 2.63. The van der Waals surface area contributed by atoms with Gasteiger partial charge in [-0.15, -0.1) is 12.6 Å². The maximum absolute atomic E-state index is 4.80. The Balaban J connectivity index is 3.07. The normalized spacial score (nSPS) is 15.3. The van der Waals surface area contributed by atoms with Gasteiger partial charge in [0, 0.05) is 12.7 Å². The zero-order valence-electron chi connectivity index (χ0n) is 15.8. The zero-order chi connectivity index (χ0) is 19.3. The van der Waals surface area contributed by atoms with Crippen LogP contribution in [0.3, 0.4) is 0 Å². The second-order valence-corrected chi connectivity index (χ2v) is 11.0. The van der Waals surface area contributed by atoms with Crippen LogP contribution in [-0.4, -0.2) is 60.0 Å². The molecule has 1 aromatic rings. The average molecular weight is 414 g/mol. The Morgan fingerprint density at radius 2 is 1.88 bits per heavy atom. The number of hydrogen-bond donors (Lipinski definition) is 4. The average Bonchev–Trinajstić information content (AvgIpc) is 2.49. The molecule has 0 radical (unpaired) electrons. The minimum Gasteiger partial charge on any atom is -0.351 e. The number of allylic oxidation sites excluding steroid dienone is 1. The molecule has 0 fully saturated rings. The van der Waals surface area contributed by atoms with Gasteiger partial charge in [0.25, 0.3) is 0 Å². The van der Waals surface area contributed by atoms with Crippen molar-refractivity contribution in [2.75, 3.05) is 31.6 Å². The van der Waals surface area contributed by atoms with Gasteiger partial charge in [-0.25, -0.2) is 4.98 Å². The zero-order valence-corrected chi connectivity index (χ0v) is 19.4. The summed E-state index contributed by atoms with van der Waals surface area (Å²) in [5, 5.41) is 0. The van der Waals surface area contributed by atoms with Crippen molar-refractivity contribution in [3.05, 3.63) is 30.0 Å². The van der Waals surface area contributed by atoms with E-state index in [0.29, 0.717) is 4.48 Å². The first-order valence-corrected chi connectivity index (χ1v) is 10.3. The number of anilines is 1. The van der Waals surface area contributed by atoms with Gasteiger partial charge in [0.15, 0.2) is 15.7 Å². The summed E-state index contributed by atoms with van der Waals surface area (Å²) in [5.74, 6) is 0.990. The van der Waals surface area contributed by atoms with Gasteiger partial charge in [-0.05, 0) is 31.0 Å². The highest BCUT2D eigenvalue weighted by Gasteiger charge is 2.48. The first-order chi connectivity index (χ1) is 11.5. The predicted molar refractivity (Wildman–Crippen MR) is 131 cm³/mol. The quantitative estimate of drug-likeness (QED) is 0.214. The maximum atomic E-state index is 4.80. The van der Waals surface area contributed by atoms with Crippen LogP contribution >= 0.6 is 50.5 Å². The molecule has 1 aromatic heterocycles. The summed E-state index contributed by atoms with van der Waals surface area (Å²) in [5.41, 5.74) is 1.16. The lowest BCUT2D eigenvalue weighted by atomic mass is 9.74. The summed E-state index contributed by atoms with van der Waals surface area (Å²) in [6.45, 7) is 6.76. The number of likely N-dealkylation sites (N-methyl/N-ethyl adjacent to an activating group) is 1. The molecule has 1 heterocycles. The van der Waals surface area contributed by atoms with Gasteiger partial charge in [-0.2, -0.15) is 0 Å². The van der Waals surface area contributed by atoms with E-state index in [1.165, 1.54) is 0 Å². The Labute approximate surface area is 177 Å². The van der Waals surface area contributed by atoms with E-state index in [2.05, 4.69) is 89.6 Å². The van der Waals surface area contributed by atoms with Crippen LogP contribution < -0.4 is 4.90 Å². The lowest BCUT2D eigenvalue weighted by Gasteiger charge is -2.52. The van der Waals surface area contributed by atoms with Gasteiger partial charge in [0.2, 0.25) is 3.54 Å². The van der Waals surface area contributed by atoms with Crippen molar-refractivity contribution in [2.45, 2.75) is 28.5 Å². The smallest absolute Gasteiger partial charge is 0.232 e. The van der Waals surface area contributed by atoms with Gasteiger partial charge in [0.1, 0.15) is 5.82 Å². The summed E-state index contributed by atoms with van der Waals surface area (Å²) in [6.07, 6.45) is 7.05. The Morgan fingerprint density at radius 1 is 1.24 bits per heavy atom. The Morgan fingerprint density at radius 3 is 2.36 bits per heavy atom. The summed E-state index contributed by atoms with van der Waals surface area (Å²) < 4.78 is -0.667. The van der Waals surface area contributed by atoms with Crippen molar-refractivity contribution in [1.29, 1.82) is 0 Å². The highest BCUT2D eigenvalue weighted by atomic mass is 32.2. The van der Waals surface area contributed by atoms with Crippen molar-refractivity contribution < 1.29 is 4.48 Å². The molecule has 0 saturated carbocycles. The van der Waals surface area contributed by atoms with Gasteiger partial charge in [-0.3, -0.25) is 4.48 Å². The standard InChI is InChI=1S/C16H29B2N3S4/c1-4-6-13-7-8-19-14(12-13)20(9-5-2)10-11-21(3,15(17,18)22)16(23,24)25/h4,6-8,12H,5,9-11,17-18H2,1-3H3,(H3-,22,23,24,25)/p+1/b6-4-. The number of pyridine rings is 1. The van der Waals surface area contributed by atoms with Gasteiger partial charge < -0.3 is 4.90 Å². The summed E-state index contributed by atoms with van der Waals surface area (Å²) in [7, 11) is 6.24. The summed E-state index contributed by atoms with van der Waals surface area (Å²) in [4.78, 5) is 6.88. The number of rotatable bonds is 9. The first-order valence-electron chi connectivity index (χ1n) is 8.55. The molecule has 0 saturated heterocycles. The summed E-state index contributed by atoms with van der Waals surface area (Å²) in [6, 6.07) is 4.14. The van der Waals surface area contributed by atoms with Crippen LogP contribution in [0.4, 0.5) is 5.82 Å². The van der Waals surface area contributed by atoms with Crippen molar-refractivity contribution in [3.8, 4) is 0 Å². The van der Waals surface area contributed by atoms with Crippen LogP contribution in [0.25, 0.3) is 6.08 Å². The third-order valence-electron chi connectivity index (χ3n) is 4.63. The molecule has 138 valence electrons. The molecule has 0 aliphatic rings. The van der Waals surface area contributed by atoms with Gasteiger partial charge >= 0.3 is 0 Å². The largest absolute Gasteiger partial charge is 0.351 e. The second kappa shape index (κ2) is 9.40. The van der Waals surface area contributed by atoms with E-state index < -0.39 is 3.54 Å². The summed E-state index contributed by atoms with van der Waals surface area (Å²) >= 11 is 18.7. The number of hydrogen-bond acceptors (Lipinski definition) is 6. The molecule has 1 rings (SSSR count). The molecule has 1 atom stereocenters. The van der Waals surface area contributed by atoms with Crippen LogP contribution in [0.2, 0.25) is 0 Å².